The van der Waals surface area contributed by atoms with Crippen LogP contribution in [0.4, 0.5) is 0 Å². The van der Waals surface area contributed by atoms with Crippen molar-refractivity contribution in [2.24, 2.45) is 0 Å². The molecule has 0 saturated heterocycles. The van der Waals surface area contributed by atoms with E-state index in [1.807, 2.05) is 18.5 Å². The quantitative estimate of drug-likeness (QED) is 0.525. The van der Waals surface area contributed by atoms with Gasteiger partial charge in [-0.25, -0.2) is 4.98 Å². The van der Waals surface area contributed by atoms with Gasteiger partial charge < -0.3 is 9.88 Å². The molecule has 3 nitrogen and oxygen atoms in total. The van der Waals surface area contributed by atoms with Gasteiger partial charge in [-0.05, 0) is 0 Å². The Morgan fingerprint density at radius 1 is 1.69 bits per heavy atom. The molecule has 1 aromatic rings. The Balaban J connectivity index is 2.31. The van der Waals surface area contributed by atoms with Crippen molar-refractivity contribution in [3.63, 3.8) is 0 Å². The summed E-state index contributed by atoms with van der Waals surface area (Å²) in [5.74, 6) is 1.15. The Kier molecular flexibility index (Phi) is 4.26. The summed E-state index contributed by atoms with van der Waals surface area (Å²) >= 11 is 0. The molecule has 0 fully saturated rings. The lowest BCUT2D eigenvalue weighted by Crippen LogP contribution is -2.20. The van der Waals surface area contributed by atoms with Crippen molar-refractivity contribution in [2.75, 3.05) is 13.1 Å². The molecule has 1 heterocycles. The van der Waals surface area contributed by atoms with Gasteiger partial charge in [0.2, 0.25) is 0 Å². The molecule has 0 aliphatic carbocycles. The van der Waals surface area contributed by atoms with E-state index in [0.29, 0.717) is 0 Å². The molecule has 72 valence electrons. The van der Waals surface area contributed by atoms with Crippen LogP contribution >= 0.6 is 0 Å². The maximum Gasteiger partial charge on any atom is 0.108 e. The highest BCUT2D eigenvalue weighted by molar-refractivity contribution is 4.91. The summed E-state index contributed by atoms with van der Waals surface area (Å²) in [6.07, 6.45) is 6.74. The standard InChI is InChI=1S/C10H17N3/c1-3-5-11-6-8-13-9-7-12-10(13)4-2/h3,7,9,11H,1,4-6,8H2,2H3. The lowest BCUT2D eigenvalue weighted by molar-refractivity contribution is 0.603. The van der Waals surface area contributed by atoms with Crippen LogP contribution in [0.25, 0.3) is 0 Å². The second-order valence-electron chi connectivity index (χ2n) is 2.88. The van der Waals surface area contributed by atoms with Crippen LogP contribution < -0.4 is 5.32 Å². The predicted octanol–water partition coefficient (Wildman–Crippen LogP) is 1.22. The van der Waals surface area contributed by atoms with E-state index in [1.54, 1.807) is 0 Å². The maximum absolute atomic E-state index is 4.25. The van der Waals surface area contributed by atoms with Gasteiger partial charge in [-0.3, -0.25) is 0 Å². The number of rotatable bonds is 6. The SMILES string of the molecule is C=CCNCCn1ccnc1CC. The third kappa shape index (κ3) is 3.03. The molecule has 0 aliphatic rings. The van der Waals surface area contributed by atoms with Crippen LogP contribution in [0.1, 0.15) is 12.7 Å². The molecule has 0 aromatic carbocycles. The first-order valence-corrected chi connectivity index (χ1v) is 4.70. The number of imidazole rings is 1. The fourth-order valence-corrected chi connectivity index (χ4v) is 1.26. The Bertz CT molecular complexity index is 252. The fraction of sp³-hybridized carbons (Fsp3) is 0.500. The maximum atomic E-state index is 4.25. The van der Waals surface area contributed by atoms with E-state index in [9.17, 15) is 0 Å². The van der Waals surface area contributed by atoms with Gasteiger partial charge in [0.25, 0.3) is 0 Å². The van der Waals surface area contributed by atoms with Crippen molar-refractivity contribution < 1.29 is 0 Å². The van der Waals surface area contributed by atoms with E-state index in [2.05, 4.69) is 28.4 Å². The summed E-state index contributed by atoms with van der Waals surface area (Å²) in [7, 11) is 0. The Morgan fingerprint density at radius 2 is 2.54 bits per heavy atom. The molecular weight excluding hydrogens is 162 g/mol. The van der Waals surface area contributed by atoms with Gasteiger partial charge in [0, 0.05) is 38.4 Å². The minimum atomic E-state index is 0.871. The monoisotopic (exact) mass is 179 g/mol. The molecular formula is C10H17N3. The van der Waals surface area contributed by atoms with Crippen molar-refractivity contribution in [1.29, 1.82) is 0 Å². The van der Waals surface area contributed by atoms with Gasteiger partial charge in [0.15, 0.2) is 0 Å². The topological polar surface area (TPSA) is 29.9 Å². The minimum absolute atomic E-state index is 0.871. The first kappa shape index (κ1) is 9.99. The summed E-state index contributed by atoms with van der Waals surface area (Å²) in [6, 6.07) is 0. The number of aryl methyl sites for hydroxylation is 1. The third-order valence-corrected chi connectivity index (χ3v) is 1.94. The van der Waals surface area contributed by atoms with Crippen LogP contribution in [0.5, 0.6) is 0 Å². The number of hydrogen-bond donors (Lipinski definition) is 1. The van der Waals surface area contributed by atoms with Gasteiger partial charge in [-0.2, -0.15) is 0 Å². The van der Waals surface area contributed by atoms with Crippen LogP contribution in [0.15, 0.2) is 25.0 Å². The average Bonchev–Trinajstić information content (AvgIpc) is 2.60. The molecule has 1 aromatic heterocycles. The summed E-state index contributed by atoms with van der Waals surface area (Å²) < 4.78 is 2.18. The van der Waals surface area contributed by atoms with E-state index in [1.165, 1.54) is 0 Å². The Labute approximate surface area is 79.5 Å². The van der Waals surface area contributed by atoms with Crippen LogP contribution in [-0.2, 0) is 13.0 Å². The van der Waals surface area contributed by atoms with Crippen molar-refractivity contribution in [2.45, 2.75) is 19.9 Å². The van der Waals surface area contributed by atoms with Crippen molar-refractivity contribution in [3.8, 4) is 0 Å². The van der Waals surface area contributed by atoms with Crippen molar-refractivity contribution in [3.05, 3.63) is 30.9 Å². The van der Waals surface area contributed by atoms with E-state index < -0.39 is 0 Å². The normalized spacial score (nSPS) is 10.2. The number of nitrogens with zero attached hydrogens (tertiary/aromatic N) is 2. The Hall–Kier alpha value is -1.09. The molecule has 0 spiro atoms. The van der Waals surface area contributed by atoms with Crippen LogP contribution in [0.2, 0.25) is 0 Å². The number of nitrogens with one attached hydrogen (secondary N) is 1. The van der Waals surface area contributed by atoms with E-state index >= 15 is 0 Å². The van der Waals surface area contributed by atoms with E-state index in [-0.39, 0.29) is 0 Å². The van der Waals surface area contributed by atoms with E-state index in [4.69, 9.17) is 0 Å². The first-order valence-electron chi connectivity index (χ1n) is 4.70. The highest BCUT2D eigenvalue weighted by atomic mass is 15.1. The van der Waals surface area contributed by atoms with Crippen molar-refractivity contribution >= 4 is 0 Å². The second kappa shape index (κ2) is 5.54. The molecule has 1 N–H and O–H groups in total. The largest absolute Gasteiger partial charge is 0.334 e. The molecule has 13 heavy (non-hydrogen) atoms. The molecule has 3 heteroatoms. The molecule has 1 rings (SSSR count). The molecule has 0 amide bonds. The van der Waals surface area contributed by atoms with Gasteiger partial charge in [0.1, 0.15) is 5.82 Å². The third-order valence-electron chi connectivity index (χ3n) is 1.94. The predicted molar refractivity (Wildman–Crippen MR) is 54.7 cm³/mol. The fourth-order valence-electron chi connectivity index (χ4n) is 1.26. The molecule has 0 atom stereocenters. The molecule has 0 saturated carbocycles. The highest BCUT2D eigenvalue weighted by Crippen LogP contribution is 1.96. The van der Waals surface area contributed by atoms with E-state index in [0.717, 1.165) is 31.9 Å². The molecule has 0 bridgehead atoms. The minimum Gasteiger partial charge on any atom is -0.334 e. The lowest BCUT2D eigenvalue weighted by atomic mass is 10.4. The van der Waals surface area contributed by atoms with Gasteiger partial charge in [0.05, 0.1) is 0 Å². The lowest BCUT2D eigenvalue weighted by Gasteiger charge is -2.06. The van der Waals surface area contributed by atoms with Gasteiger partial charge >= 0.3 is 0 Å². The second-order valence-corrected chi connectivity index (χ2v) is 2.88. The van der Waals surface area contributed by atoms with Gasteiger partial charge in [-0.1, -0.05) is 13.0 Å². The first-order chi connectivity index (χ1) is 6.38. The summed E-state index contributed by atoms with van der Waals surface area (Å²) in [5, 5.41) is 3.26. The number of hydrogen-bond acceptors (Lipinski definition) is 2. The van der Waals surface area contributed by atoms with Crippen LogP contribution in [-0.4, -0.2) is 22.6 Å². The molecule has 0 radical (unpaired) electrons. The summed E-state index contributed by atoms with van der Waals surface area (Å²) in [4.78, 5) is 4.25. The van der Waals surface area contributed by atoms with Crippen molar-refractivity contribution in [1.82, 2.24) is 14.9 Å². The summed E-state index contributed by atoms with van der Waals surface area (Å²) in [5.41, 5.74) is 0. The van der Waals surface area contributed by atoms with Crippen LogP contribution in [0, 0.1) is 0 Å². The average molecular weight is 179 g/mol. The molecule has 0 aliphatic heterocycles. The Morgan fingerprint density at radius 3 is 3.23 bits per heavy atom. The zero-order valence-electron chi connectivity index (χ0n) is 8.16. The van der Waals surface area contributed by atoms with Gasteiger partial charge in [-0.15, -0.1) is 6.58 Å². The highest BCUT2D eigenvalue weighted by Gasteiger charge is 1.97. The summed E-state index contributed by atoms with van der Waals surface area (Å²) in [6.45, 7) is 8.59. The van der Waals surface area contributed by atoms with Crippen LogP contribution in [0.3, 0.4) is 0 Å². The molecule has 0 unspecified atom stereocenters. The zero-order chi connectivity index (χ0) is 9.52. The zero-order valence-corrected chi connectivity index (χ0v) is 8.16. The smallest absolute Gasteiger partial charge is 0.108 e. The number of aromatic nitrogens is 2.